The molecule has 1 heterocycles. The van der Waals surface area contributed by atoms with Crippen LogP contribution in [-0.2, 0) is 0 Å². The summed E-state index contributed by atoms with van der Waals surface area (Å²) < 4.78 is 0. The van der Waals surface area contributed by atoms with Gasteiger partial charge in [0.25, 0.3) is 0 Å². The molecule has 0 spiro atoms. The zero-order valence-electron chi connectivity index (χ0n) is 7.49. The van der Waals surface area contributed by atoms with Gasteiger partial charge in [-0.25, -0.2) is 9.97 Å². The fourth-order valence-corrected chi connectivity index (χ4v) is 0.880. The van der Waals surface area contributed by atoms with Gasteiger partial charge in [-0.05, 0) is 13.3 Å². The highest BCUT2D eigenvalue weighted by Crippen LogP contribution is 2.17. The van der Waals surface area contributed by atoms with E-state index in [1.165, 1.54) is 6.20 Å². The zero-order chi connectivity index (χ0) is 9.68. The van der Waals surface area contributed by atoms with Crippen molar-refractivity contribution in [3.05, 3.63) is 12.0 Å². The van der Waals surface area contributed by atoms with E-state index < -0.39 is 0 Å². The number of anilines is 1. The molecule has 1 rings (SSSR count). The van der Waals surface area contributed by atoms with Gasteiger partial charge >= 0.3 is 0 Å². The van der Waals surface area contributed by atoms with E-state index in [9.17, 15) is 5.11 Å². The summed E-state index contributed by atoms with van der Waals surface area (Å²) in [7, 11) is 0. The number of aliphatic hydroxyl groups is 1. The fraction of sp³-hybridized carbons (Fsp3) is 0.500. The Morgan fingerprint density at radius 2 is 2.31 bits per heavy atom. The van der Waals surface area contributed by atoms with Gasteiger partial charge in [-0.3, -0.25) is 0 Å². The van der Waals surface area contributed by atoms with Crippen LogP contribution in [0.3, 0.4) is 0 Å². The maximum absolute atomic E-state index is 9.28. The summed E-state index contributed by atoms with van der Waals surface area (Å²) in [6, 6.07) is 0. The van der Waals surface area contributed by atoms with Crippen LogP contribution < -0.4 is 5.32 Å². The summed E-state index contributed by atoms with van der Waals surface area (Å²) in [6.07, 6.45) is 1.98. The van der Waals surface area contributed by atoms with Gasteiger partial charge in [0.05, 0.1) is 6.20 Å². The lowest BCUT2D eigenvalue weighted by molar-refractivity contribution is 0.292. The Balaban J connectivity index is 2.59. The molecular weight excluding hydrogens is 170 g/mol. The third-order valence-corrected chi connectivity index (χ3v) is 1.52. The van der Waals surface area contributed by atoms with Crippen molar-refractivity contribution in [1.82, 2.24) is 9.97 Å². The number of nitrogens with one attached hydrogen (secondary N) is 1. The number of aryl methyl sites for hydroxylation is 1. The summed E-state index contributed by atoms with van der Waals surface area (Å²) >= 11 is 0. The minimum Gasteiger partial charge on any atom is -0.503 e. The van der Waals surface area contributed by atoms with Gasteiger partial charge in [0.1, 0.15) is 5.82 Å². The highest BCUT2D eigenvalue weighted by molar-refractivity contribution is 5.47. The smallest absolute Gasteiger partial charge is 0.176 e. The summed E-state index contributed by atoms with van der Waals surface area (Å²) in [5.74, 6) is 1.05. The summed E-state index contributed by atoms with van der Waals surface area (Å²) in [5.41, 5.74) is 0. The van der Waals surface area contributed by atoms with Crippen LogP contribution >= 0.6 is 0 Å². The van der Waals surface area contributed by atoms with Crippen LogP contribution in [0, 0.1) is 6.92 Å². The Morgan fingerprint density at radius 1 is 1.54 bits per heavy atom. The van der Waals surface area contributed by atoms with Crippen molar-refractivity contribution < 1.29 is 10.2 Å². The molecular formula is C8H13N3O2. The van der Waals surface area contributed by atoms with E-state index in [0.717, 1.165) is 0 Å². The molecule has 0 fully saturated rings. The molecule has 0 saturated carbocycles. The van der Waals surface area contributed by atoms with E-state index >= 15 is 0 Å². The lowest BCUT2D eigenvalue weighted by atomic mass is 10.4. The van der Waals surface area contributed by atoms with Crippen LogP contribution in [0.5, 0.6) is 5.75 Å². The highest BCUT2D eigenvalue weighted by Gasteiger charge is 2.01. The van der Waals surface area contributed by atoms with Crippen molar-refractivity contribution in [2.45, 2.75) is 13.3 Å². The molecule has 0 amide bonds. The molecule has 0 radical (unpaired) electrons. The lowest BCUT2D eigenvalue weighted by Crippen LogP contribution is -2.06. The first-order valence-corrected chi connectivity index (χ1v) is 4.11. The predicted octanol–water partition coefficient (Wildman–Crippen LogP) is 0.285. The minimum absolute atomic E-state index is 0.0311. The van der Waals surface area contributed by atoms with Crippen molar-refractivity contribution in [3.63, 3.8) is 0 Å². The van der Waals surface area contributed by atoms with Crippen LogP contribution in [0.2, 0.25) is 0 Å². The largest absolute Gasteiger partial charge is 0.503 e. The lowest BCUT2D eigenvalue weighted by Gasteiger charge is -2.06. The van der Waals surface area contributed by atoms with Crippen molar-refractivity contribution >= 4 is 5.82 Å². The molecule has 0 aliphatic carbocycles. The Hall–Kier alpha value is -1.36. The van der Waals surface area contributed by atoms with Gasteiger partial charge in [0.2, 0.25) is 0 Å². The maximum Gasteiger partial charge on any atom is 0.176 e. The molecule has 0 unspecified atom stereocenters. The molecule has 72 valence electrons. The summed E-state index contributed by atoms with van der Waals surface area (Å²) in [6.45, 7) is 2.45. The number of rotatable bonds is 4. The van der Waals surface area contributed by atoms with E-state index in [1.807, 2.05) is 0 Å². The molecule has 5 heteroatoms. The van der Waals surface area contributed by atoms with Crippen LogP contribution in [0.15, 0.2) is 6.20 Å². The molecule has 0 aliphatic heterocycles. The molecule has 0 atom stereocenters. The molecule has 13 heavy (non-hydrogen) atoms. The Bertz CT molecular complexity index is 278. The van der Waals surface area contributed by atoms with E-state index in [1.54, 1.807) is 6.92 Å². The molecule has 1 aromatic rings. The Kier molecular flexibility index (Phi) is 3.45. The van der Waals surface area contributed by atoms with Crippen molar-refractivity contribution in [1.29, 1.82) is 0 Å². The average Bonchev–Trinajstić information content (AvgIpc) is 2.11. The van der Waals surface area contributed by atoms with Crippen LogP contribution in [0.1, 0.15) is 12.2 Å². The quantitative estimate of drug-likeness (QED) is 0.584. The number of hydrogen-bond donors (Lipinski definition) is 3. The molecule has 1 aromatic heterocycles. The second-order valence-corrected chi connectivity index (χ2v) is 2.65. The fourth-order valence-electron chi connectivity index (χ4n) is 0.880. The third kappa shape index (κ3) is 2.87. The zero-order valence-corrected chi connectivity index (χ0v) is 7.49. The van der Waals surface area contributed by atoms with E-state index in [0.29, 0.717) is 24.6 Å². The Morgan fingerprint density at radius 3 is 3.00 bits per heavy atom. The van der Waals surface area contributed by atoms with Gasteiger partial charge in [0, 0.05) is 13.2 Å². The van der Waals surface area contributed by atoms with Crippen LogP contribution in [-0.4, -0.2) is 33.3 Å². The first-order valence-electron chi connectivity index (χ1n) is 4.11. The van der Waals surface area contributed by atoms with Gasteiger partial charge in [0.15, 0.2) is 11.6 Å². The standard InChI is InChI=1S/C8H13N3O2/c1-6-10-5-7(13)8(11-6)9-3-2-4-12/h5,12-13H,2-4H2,1H3,(H,9,10,11). The minimum atomic E-state index is 0.0311. The van der Waals surface area contributed by atoms with E-state index in [-0.39, 0.29) is 12.4 Å². The van der Waals surface area contributed by atoms with Crippen molar-refractivity contribution in [2.24, 2.45) is 0 Å². The summed E-state index contributed by atoms with van der Waals surface area (Å²) in [4.78, 5) is 7.81. The average molecular weight is 183 g/mol. The van der Waals surface area contributed by atoms with Crippen LogP contribution in [0.4, 0.5) is 5.82 Å². The predicted molar refractivity (Wildman–Crippen MR) is 48.6 cm³/mol. The first kappa shape index (κ1) is 9.73. The molecule has 0 bridgehead atoms. The monoisotopic (exact) mass is 183 g/mol. The van der Waals surface area contributed by atoms with Crippen LogP contribution in [0.25, 0.3) is 0 Å². The van der Waals surface area contributed by atoms with Gasteiger partial charge < -0.3 is 15.5 Å². The van der Waals surface area contributed by atoms with Gasteiger partial charge in [-0.1, -0.05) is 0 Å². The van der Waals surface area contributed by atoms with E-state index in [4.69, 9.17) is 5.11 Å². The second kappa shape index (κ2) is 4.61. The number of nitrogens with zero attached hydrogens (tertiary/aromatic N) is 2. The number of hydrogen-bond acceptors (Lipinski definition) is 5. The number of aliphatic hydroxyl groups excluding tert-OH is 1. The van der Waals surface area contributed by atoms with Crippen molar-refractivity contribution in [3.8, 4) is 5.75 Å². The summed E-state index contributed by atoms with van der Waals surface area (Å²) in [5, 5.41) is 20.7. The number of aromatic nitrogens is 2. The topological polar surface area (TPSA) is 78.3 Å². The second-order valence-electron chi connectivity index (χ2n) is 2.65. The molecule has 5 nitrogen and oxygen atoms in total. The first-order chi connectivity index (χ1) is 6.24. The van der Waals surface area contributed by atoms with Crippen molar-refractivity contribution in [2.75, 3.05) is 18.5 Å². The Labute approximate surface area is 76.5 Å². The number of aromatic hydroxyl groups is 1. The van der Waals surface area contributed by atoms with E-state index in [2.05, 4.69) is 15.3 Å². The normalized spacial score (nSPS) is 10.0. The third-order valence-electron chi connectivity index (χ3n) is 1.52. The molecule has 3 N–H and O–H groups in total. The SMILES string of the molecule is Cc1ncc(O)c(NCCCO)n1. The van der Waals surface area contributed by atoms with Gasteiger partial charge in [-0.2, -0.15) is 0 Å². The molecule has 0 aromatic carbocycles. The molecule has 0 aliphatic rings. The molecule has 0 saturated heterocycles. The highest BCUT2D eigenvalue weighted by atomic mass is 16.3. The maximum atomic E-state index is 9.28. The van der Waals surface area contributed by atoms with Gasteiger partial charge in [-0.15, -0.1) is 0 Å².